The van der Waals surface area contributed by atoms with Gasteiger partial charge in [-0.2, -0.15) is 0 Å². The van der Waals surface area contributed by atoms with Gasteiger partial charge >= 0.3 is 0 Å². The van der Waals surface area contributed by atoms with Crippen LogP contribution in [0.15, 0.2) is 30.5 Å². The van der Waals surface area contributed by atoms with Crippen LogP contribution in [0, 0.1) is 17.3 Å². The van der Waals surface area contributed by atoms with E-state index in [1.807, 2.05) is 19.2 Å². The fourth-order valence-corrected chi connectivity index (χ4v) is 2.97. The molecule has 0 aliphatic carbocycles. The normalized spacial score (nSPS) is 16.0. The number of nitrogens with two attached hydrogens (primary N) is 1. The summed E-state index contributed by atoms with van der Waals surface area (Å²) < 4.78 is 0. The maximum absolute atomic E-state index is 12.6. The minimum atomic E-state index is -0.00574. The summed E-state index contributed by atoms with van der Waals surface area (Å²) in [6, 6.07) is 7.14. The monoisotopic (exact) mass is 320 g/mol. The third-order valence-corrected chi connectivity index (χ3v) is 3.96. The van der Waals surface area contributed by atoms with E-state index in [-0.39, 0.29) is 11.3 Å². The zero-order chi connectivity index (χ0) is 17.3. The highest BCUT2D eigenvalue weighted by atomic mass is 16.2. The van der Waals surface area contributed by atoms with Gasteiger partial charge in [-0.25, -0.2) is 4.98 Å². The van der Waals surface area contributed by atoms with E-state index in [4.69, 9.17) is 5.73 Å². The van der Waals surface area contributed by atoms with E-state index in [0.29, 0.717) is 29.2 Å². The second kappa shape index (κ2) is 5.97. The summed E-state index contributed by atoms with van der Waals surface area (Å²) in [5.74, 6) is 6.40. The van der Waals surface area contributed by atoms with Crippen molar-refractivity contribution < 1.29 is 4.79 Å². The van der Waals surface area contributed by atoms with Crippen molar-refractivity contribution in [2.45, 2.75) is 20.3 Å². The smallest absolute Gasteiger partial charge is 0.255 e. The molecule has 0 unspecified atom stereocenters. The number of rotatable bonds is 0. The third-order valence-electron chi connectivity index (χ3n) is 3.96. The summed E-state index contributed by atoms with van der Waals surface area (Å²) in [5, 5.41) is 0. The highest BCUT2D eigenvalue weighted by Crippen LogP contribution is 2.28. The first-order valence-corrected chi connectivity index (χ1v) is 7.83. The van der Waals surface area contributed by atoms with Crippen LogP contribution in [0.25, 0.3) is 0 Å². The number of anilines is 1. The lowest BCUT2D eigenvalue weighted by Crippen LogP contribution is -2.33. The molecule has 0 saturated heterocycles. The molecule has 0 bridgehead atoms. The summed E-state index contributed by atoms with van der Waals surface area (Å²) >= 11 is 0. The van der Waals surface area contributed by atoms with Gasteiger partial charge < -0.3 is 10.6 Å². The van der Waals surface area contributed by atoms with Crippen LogP contribution in [0.3, 0.4) is 0 Å². The van der Waals surface area contributed by atoms with Crippen LogP contribution >= 0.6 is 0 Å². The fraction of sp³-hybridized carbons (Fsp3) is 0.316. The average Bonchev–Trinajstić information content (AvgIpc) is 2.60. The molecule has 122 valence electrons. The second-order valence-electron chi connectivity index (χ2n) is 6.92. The largest absolute Gasteiger partial charge is 0.384 e. The van der Waals surface area contributed by atoms with Crippen LogP contribution in [0.4, 0.5) is 5.82 Å². The molecular formula is C19H20N4O. The minimum absolute atomic E-state index is 0.00133. The first-order chi connectivity index (χ1) is 11.3. The van der Waals surface area contributed by atoms with Crippen molar-refractivity contribution >= 4 is 11.7 Å². The van der Waals surface area contributed by atoms with Gasteiger partial charge in [0.2, 0.25) is 0 Å². The van der Waals surface area contributed by atoms with Crippen molar-refractivity contribution in [3.63, 3.8) is 0 Å². The van der Waals surface area contributed by atoms with Crippen molar-refractivity contribution in [2.24, 2.45) is 5.41 Å². The molecule has 2 N–H and O–H groups in total. The Labute approximate surface area is 141 Å². The van der Waals surface area contributed by atoms with Crippen LogP contribution in [-0.2, 0) is 6.42 Å². The number of hydrogen-bond donors (Lipinski definition) is 1. The number of carbonyl (C=O) groups excluding carboxylic acids is 1. The lowest BCUT2D eigenvalue weighted by Gasteiger charge is -2.26. The summed E-state index contributed by atoms with van der Waals surface area (Å²) in [4.78, 5) is 23.0. The number of amides is 1. The molecule has 3 rings (SSSR count). The van der Waals surface area contributed by atoms with Gasteiger partial charge in [-0.3, -0.25) is 9.78 Å². The van der Waals surface area contributed by atoms with Gasteiger partial charge in [-0.15, -0.1) is 0 Å². The molecule has 0 saturated carbocycles. The molecule has 1 aliphatic rings. The van der Waals surface area contributed by atoms with Crippen LogP contribution < -0.4 is 5.73 Å². The van der Waals surface area contributed by atoms with Crippen LogP contribution in [0.1, 0.15) is 41.2 Å². The number of hydrogen-bond acceptors (Lipinski definition) is 4. The van der Waals surface area contributed by atoms with Gasteiger partial charge in [0.15, 0.2) is 0 Å². The Morgan fingerprint density at radius 2 is 2.08 bits per heavy atom. The predicted molar refractivity (Wildman–Crippen MR) is 93.3 cm³/mol. The number of nitrogens with zero attached hydrogens (tertiary/aromatic N) is 3. The molecule has 0 spiro atoms. The number of pyridine rings is 2. The quantitative estimate of drug-likeness (QED) is 0.755. The molecule has 1 amide bonds. The Morgan fingerprint density at radius 3 is 2.83 bits per heavy atom. The Kier molecular flexibility index (Phi) is 3.98. The van der Waals surface area contributed by atoms with Crippen LogP contribution in [-0.4, -0.2) is 34.4 Å². The molecule has 0 atom stereocenters. The molecule has 5 nitrogen and oxygen atoms in total. The van der Waals surface area contributed by atoms with Crippen molar-refractivity contribution in [2.75, 3.05) is 19.3 Å². The Morgan fingerprint density at radius 1 is 1.29 bits per heavy atom. The highest BCUT2D eigenvalue weighted by molar-refractivity contribution is 5.96. The molecule has 0 aromatic carbocycles. The second-order valence-corrected chi connectivity index (χ2v) is 6.92. The molecule has 24 heavy (non-hydrogen) atoms. The molecule has 5 heteroatoms. The first kappa shape index (κ1) is 16.0. The van der Waals surface area contributed by atoms with Gasteiger partial charge in [-0.05, 0) is 36.0 Å². The molecule has 2 aromatic heterocycles. The Hall–Kier alpha value is -2.87. The summed E-state index contributed by atoms with van der Waals surface area (Å²) in [6.07, 6.45) is 2.48. The zero-order valence-corrected chi connectivity index (χ0v) is 14.1. The van der Waals surface area contributed by atoms with E-state index in [9.17, 15) is 4.79 Å². The maximum Gasteiger partial charge on any atom is 0.255 e. The van der Waals surface area contributed by atoms with Crippen molar-refractivity contribution in [3.05, 3.63) is 53.0 Å². The van der Waals surface area contributed by atoms with Crippen LogP contribution in [0.5, 0.6) is 0 Å². The molecule has 0 radical (unpaired) electrons. The Bertz CT molecular complexity index is 861. The summed E-state index contributed by atoms with van der Waals surface area (Å²) in [5.41, 5.74) is 8.41. The van der Waals surface area contributed by atoms with Gasteiger partial charge in [0.05, 0.1) is 11.3 Å². The molecule has 0 fully saturated rings. The highest BCUT2D eigenvalue weighted by Gasteiger charge is 2.31. The third kappa shape index (κ3) is 3.38. The van der Waals surface area contributed by atoms with E-state index in [1.54, 1.807) is 23.2 Å². The van der Waals surface area contributed by atoms with E-state index >= 15 is 0 Å². The lowest BCUT2D eigenvalue weighted by atomic mass is 9.87. The summed E-state index contributed by atoms with van der Waals surface area (Å²) in [6.45, 7) is 5.00. The molecule has 2 aromatic rings. The SMILES string of the molecule is CN1CC(C)(C)Cc2ncc(C#Cc3cccc(N)n3)cc2C1=O. The topological polar surface area (TPSA) is 72.1 Å². The van der Waals surface area contributed by atoms with Crippen LogP contribution in [0.2, 0.25) is 0 Å². The predicted octanol–water partition coefficient (Wildman–Crippen LogP) is 2.11. The number of carbonyl (C=O) groups is 1. The van der Waals surface area contributed by atoms with Gasteiger partial charge in [0.25, 0.3) is 5.91 Å². The van der Waals surface area contributed by atoms with Gasteiger partial charge in [0, 0.05) is 25.4 Å². The molecule has 1 aliphatic heterocycles. The molecular weight excluding hydrogens is 300 g/mol. The van der Waals surface area contributed by atoms with Crippen molar-refractivity contribution in [1.82, 2.24) is 14.9 Å². The van der Waals surface area contributed by atoms with Gasteiger partial charge in [0.1, 0.15) is 11.5 Å². The number of nitrogen functional groups attached to an aromatic ring is 1. The Balaban J connectivity index is 1.97. The fourth-order valence-electron chi connectivity index (χ4n) is 2.97. The summed E-state index contributed by atoms with van der Waals surface area (Å²) in [7, 11) is 1.83. The van der Waals surface area contributed by atoms with Crippen molar-refractivity contribution in [1.29, 1.82) is 0 Å². The van der Waals surface area contributed by atoms with E-state index in [2.05, 4.69) is 35.7 Å². The average molecular weight is 320 g/mol. The zero-order valence-electron chi connectivity index (χ0n) is 14.1. The lowest BCUT2D eigenvalue weighted by molar-refractivity contribution is 0.0754. The number of fused-ring (bicyclic) bond motifs is 1. The first-order valence-electron chi connectivity index (χ1n) is 7.83. The van der Waals surface area contributed by atoms with Gasteiger partial charge in [-0.1, -0.05) is 25.8 Å². The number of aromatic nitrogens is 2. The van der Waals surface area contributed by atoms with E-state index in [0.717, 1.165) is 12.1 Å². The molecule has 3 heterocycles. The standard InChI is InChI=1S/C19H20N4O/c1-19(2)10-16-15(18(24)23(3)12-19)9-13(11-21-16)7-8-14-5-4-6-17(20)22-14/h4-6,9,11H,10,12H2,1-3H3,(H2,20,22). The van der Waals surface area contributed by atoms with Crippen molar-refractivity contribution in [3.8, 4) is 11.8 Å². The van der Waals surface area contributed by atoms with E-state index in [1.165, 1.54) is 0 Å². The maximum atomic E-state index is 12.6. The van der Waals surface area contributed by atoms with E-state index < -0.39 is 0 Å². The minimum Gasteiger partial charge on any atom is -0.384 e.